The van der Waals surface area contributed by atoms with Crippen LogP contribution in [0.1, 0.15) is 30.9 Å². The van der Waals surface area contributed by atoms with Crippen LogP contribution in [-0.2, 0) is 5.33 Å². The van der Waals surface area contributed by atoms with E-state index < -0.39 is 0 Å². The molecule has 1 aromatic carbocycles. The van der Waals surface area contributed by atoms with E-state index in [9.17, 15) is 5.26 Å². The van der Waals surface area contributed by atoms with Crippen molar-refractivity contribution in [2.75, 3.05) is 11.4 Å². The van der Waals surface area contributed by atoms with Crippen LogP contribution in [0.25, 0.3) is 0 Å². The number of hydrogen-bond donors (Lipinski definition) is 0. The van der Waals surface area contributed by atoms with Crippen molar-refractivity contribution in [3.8, 4) is 6.07 Å². The van der Waals surface area contributed by atoms with Crippen molar-refractivity contribution in [1.82, 2.24) is 0 Å². The fraction of sp³-hybridized carbons (Fsp3) is 0.462. The molecule has 0 saturated carbocycles. The van der Waals surface area contributed by atoms with Gasteiger partial charge in [-0.05, 0) is 37.5 Å². The van der Waals surface area contributed by atoms with E-state index >= 15 is 0 Å². The summed E-state index contributed by atoms with van der Waals surface area (Å²) in [5.74, 6) is 0. The van der Waals surface area contributed by atoms with Crippen LogP contribution in [0.5, 0.6) is 0 Å². The van der Waals surface area contributed by atoms with Crippen molar-refractivity contribution in [3.05, 3.63) is 29.3 Å². The summed E-state index contributed by atoms with van der Waals surface area (Å²) in [7, 11) is 0. The van der Waals surface area contributed by atoms with Crippen LogP contribution in [-0.4, -0.2) is 12.6 Å². The molecule has 1 unspecified atom stereocenters. The maximum absolute atomic E-state index is 9.19. The van der Waals surface area contributed by atoms with Crippen molar-refractivity contribution in [3.63, 3.8) is 0 Å². The predicted molar refractivity (Wildman–Crippen MR) is 69.8 cm³/mol. The molecule has 1 atom stereocenters. The van der Waals surface area contributed by atoms with Crippen molar-refractivity contribution < 1.29 is 0 Å². The highest BCUT2D eigenvalue weighted by molar-refractivity contribution is 9.08. The minimum Gasteiger partial charge on any atom is -0.368 e. The van der Waals surface area contributed by atoms with Crippen molar-refractivity contribution >= 4 is 21.6 Å². The van der Waals surface area contributed by atoms with Crippen LogP contribution in [0, 0.1) is 11.3 Å². The van der Waals surface area contributed by atoms with Gasteiger partial charge in [0.1, 0.15) is 6.07 Å². The molecule has 1 aromatic rings. The average Bonchev–Trinajstić information content (AvgIpc) is 2.74. The number of rotatable bonds is 2. The van der Waals surface area contributed by atoms with E-state index in [1.807, 2.05) is 6.07 Å². The summed E-state index contributed by atoms with van der Waals surface area (Å²) in [6.07, 6.45) is 2.46. The first kappa shape index (κ1) is 11.5. The molecule has 2 rings (SSSR count). The monoisotopic (exact) mass is 278 g/mol. The minimum atomic E-state index is 0.557. The number of anilines is 1. The zero-order chi connectivity index (χ0) is 11.5. The van der Waals surface area contributed by atoms with Gasteiger partial charge in [0.2, 0.25) is 0 Å². The van der Waals surface area contributed by atoms with Crippen molar-refractivity contribution in [2.45, 2.75) is 31.1 Å². The predicted octanol–water partition coefficient (Wildman–Crippen LogP) is 3.44. The van der Waals surface area contributed by atoms with E-state index in [-0.39, 0.29) is 0 Å². The van der Waals surface area contributed by atoms with Crippen LogP contribution in [0.2, 0.25) is 0 Å². The largest absolute Gasteiger partial charge is 0.368 e. The highest BCUT2D eigenvalue weighted by atomic mass is 79.9. The third-order valence-corrected chi connectivity index (χ3v) is 3.85. The zero-order valence-corrected chi connectivity index (χ0v) is 11.0. The maximum Gasteiger partial charge on any atom is 0.101 e. The Morgan fingerprint density at radius 1 is 1.56 bits per heavy atom. The molecule has 0 N–H and O–H groups in total. The second-order valence-electron chi connectivity index (χ2n) is 4.28. The molecule has 1 aliphatic heterocycles. The van der Waals surface area contributed by atoms with E-state index in [1.165, 1.54) is 12.8 Å². The van der Waals surface area contributed by atoms with E-state index in [0.717, 1.165) is 28.7 Å². The molecular formula is C13H15BrN2. The van der Waals surface area contributed by atoms with E-state index in [4.69, 9.17) is 0 Å². The van der Waals surface area contributed by atoms with Gasteiger partial charge in [-0.3, -0.25) is 0 Å². The topological polar surface area (TPSA) is 27.0 Å². The Hall–Kier alpha value is -1.01. The molecule has 16 heavy (non-hydrogen) atoms. The number of alkyl halides is 1. The number of hydrogen-bond acceptors (Lipinski definition) is 2. The molecule has 0 aromatic heterocycles. The van der Waals surface area contributed by atoms with Gasteiger partial charge in [0.25, 0.3) is 0 Å². The molecule has 0 bridgehead atoms. The lowest BCUT2D eigenvalue weighted by Gasteiger charge is -2.25. The summed E-state index contributed by atoms with van der Waals surface area (Å²) in [4.78, 5) is 2.34. The molecular weight excluding hydrogens is 264 g/mol. The Morgan fingerprint density at radius 2 is 2.38 bits per heavy atom. The first-order valence-electron chi connectivity index (χ1n) is 5.62. The second kappa shape index (κ2) is 4.88. The lowest BCUT2D eigenvalue weighted by Crippen LogP contribution is -2.27. The summed E-state index contributed by atoms with van der Waals surface area (Å²) >= 11 is 3.42. The average molecular weight is 279 g/mol. The molecule has 1 saturated heterocycles. The van der Waals surface area contributed by atoms with Gasteiger partial charge in [-0.25, -0.2) is 0 Å². The molecule has 0 radical (unpaired) electrons. The standard InChI is InChI=1S/C13H15BrN2/c1-10-3-2-6-16(10)13-5-4-11(8-14)7-12(13)9-15/h4-5,7,10H,2-3,6,8H2,1H3. The van der Waals surface area contributed by atoms with Gasteiger partial charge in [-0.15, -0.1) is 0 Å². The highest BCUT2D eigenvalue weighted by Crippen LogP contribution is 2.29. The lowest BCUT2D eigenvalue weighted by atomic mass is 10.1. The summed E-state index contributed by atoms with van der Waals surface area (Å²) in [5.41, 5.74) is 3.05. The molecule has 0 spiro atoms. The van der Waals surface area contributed by atoms with Gasteiger partial charge < -0.3 is 4.90 Å². The van der Waals surface area contributed by atoms with Crippen LogP contribution in [0.4, 0.5) is 5.69 Å². The molecule has 1 aliphatic rings. The van der Waals surface area contributed by atoms with Gasteiger partial charge in [0.15, 0.2) is 0 Å². The molecule has 1 fully saturated rings. The van der Waals surface area contributed by atoms with Crippen molar-refractivity contribution in [2.24, 2.45) is 0 Å². The molecule has 1 heterocycles. The van der Waals surface area contributed by atoms with Crippen LogP contribution in [0.3, 0.4) is 0 Å². The fourth-order valence-corrected chi connectivity index (χ4v) is 2.65. The Morgan fingerprint density at radius 3 is 2.94 bits per heavy atom. The van der Waals surface area contributed by atoms with Gasteiger partial charge in [-0.2, -0.15) is 5.26 Å². The number of halogens is 1. The SMILES string of the molecule is CC1CCCN1c1ccc(CBr)cc1C#N. The van der Waals surface area contributed by atoms with E-state index in [2.05, 4.69) is 46.0 Å². The normalized spacial score (nSPS) is 19.8. The van der Waals surface area contributed by atoms with Gasteiger partial charge in [-0.1, -0.05) is 22.0 Å². The van der Waals surface area contributed by atoms with Crippen molar-refractivity contribution in [1.29, 1.82) is 5.26 Å². The summed E-state index contributed by atoms with van der Waals surface area (Å²) in [5, 5.41) is 10.00. The van der Waals surface area contributed by atoms with Crippen LogP contribution in [0.15, 0.2) is 18.2 Å². The third kappa shape index (κ3) is 2.08. The lowest BCUT2D eigenvalue weighted by molar-refractivity contribution is 0.734. The Bertz CT molecular complexity index is 422. The number of nitriles is 1. The first-order valence-corrected chi connectivity index (χ1v) is 6.74. The highest BCUT2D eigenvalue weighted by Gasteiger charge is 2.22. The summed E-state index contributed by atoms with van der Waals surface area (Å²) < 4.78 is 0. The molecule has 3 heteroatoms. The van der Waals surface area contributed by atoms with Gasteiger partial charge in [0, 0.05) is 17.9 Å². The first-order chi connectivity index (χ1) is 7.76. The molecule has 2 nitrogen and oxygen atoms in total. The molecule has 84 valence electrons. The van der Waals surface area contributed by atoms with E-state index in [0.29, 0.717) is 6.04 Å². The van der Waals surface area contributed by atoms with Crippen LogP contribution >= 0.6 is 15.9 Å². The zero-order valence-electron chi connectivity index (χ0n) is 9.41. The molecule has 0 aliphatic carbocycles. The minimum absolute atomic E-state index is 0.557. The Kier molecular flexibility index (Phi) is 3.50. The smallest absolute Gasteiger partial charge is 0.101 e. The van der Waals surface area contributed by atoms with E-state index in [1.54, 1.807) is 0 Å². The summed E-state index contributed by atoms with van der Waals surface area (Å²) in [6.45, 7) is 3.30. The van der Waals surface area contributed by atoms with Crippen LogP contribution < -0.4 is 4.90 Å². The maximum atomic E-state index is 9.19. The van der Waals surface area contributed by atoms with Gasteiger partial charge >= 0.3 is 0 Å². The fourth-order valence-electron chi connectivity index (χ4n) is 2.30. The number of nitrogens with zero attached hydrogens (tertiary/aromatic N) is 2. The quantitative estimate of drug-likeness (QED) is 0.775. The van der Waals surface area contributed by atoms with Gasteiger partial charge in [0.05, 0.1) is 11.3 Å². The molecule has 0 amide bonds. The third-order valence-electron chi connectivity index (χ3n) is 3.20. The Labute approximate surface area is 105 Å². The summed E-state index contributed by atoms with van der Waals surface area (Å²) in [6, 6.07) is 9.02. The Balaban J connectivity index is 2.37. The number of benzene rings is 1. The second-order valence-corrected chi connectivity index (χ2v) is 4.84.